The van der Waals surface area contributed by atoms with E-state index in [1.54, 1.807) is 0 Å². The van der Waals surface area contributed by atoms with E-state index in [1.807, 2.05) is 12.3 Å². The third kappa shape index (κ3) is 1.70. The maximum Gasteiger partial charge on any atom is 0.140 e. The third-order valence-electron chi connectivity index (χ3n) is 3.46. The predicted octanol–water partition coefficient (Wildman–Crippen LogP) is 3.95. The Morgan fingerprint density at radius 3 is 2.61 bits per heavy atom. The molecule has 1 atom stereocenters. The van der Waals surface area contributed by atoms with Gasteiger partial charge < -0.3 is 4.57 Å². The van der Waals surface area contributed by atoms with Crippen molar-refractivity contribution in [3.8, 4) is 0 Å². The van der Waals surface area contributed by atoms with Crippen LogP contribution in [0, 0.1) is 6.92 Å². The number of pyridine rings is 1. The fourth-order valence-corrected chi connectivity index (χ4v) is 2.55. The molecular formula is C16H16N2. The van der Waals surface area contributed by atoms with Crippen molar-refractivity contribution < 1.29 is 0 Å². The molecule has 90 valence electrons. The zero-order valence-electron chi connectivity index (χ0n) is 10.7. The van der Waals surface area contributed by atoms with Gasteiger partial charge in [-0.05, 0) is 37.6 Å². The normalized spacial score (nSPS) is 12.8. The predicted molar refractivity (Wildman–Crippen MR) is 74.7 cm³/mol. The number of aryl methyl sites for hydroxylation is 1. The number of hydrogen-bond acceptors (Lipinski definition) is 1. The van der Waals surface area contributed by atoms with Crippen LogP contribution in [0.15, 0.2) is 54.7 Å². The van der Waals surface area contributed by atoms with Gasteiger partial charge in [-0.1, -0.05) is 30.3 Å². The van der Waals surface area contributed by atoms with Crippen LogP contribution >= 0.6 is 0 Å². The number of hydrogen-bond donors (Lipinski definition) is 0. The Hall–Kier alpha value is -2.09. The monoisotopic (exact) mass is 236 g/mol. The minimum Gasteiger partial charge on any atom is -0.323 e. The Balaban J connectivity index is 2.17. The van der Waals surface area contributed by atoms with Gasteiger partial charge in [0.2, 0.25) is 0 Å². The van der Waals surface area contributed by atoms with Crippen molar-refractivity contribution >= 4 is 11.0 Å². The molecule has 2 heterocycles. The van der Waals surface area contributed by atoms with Gasteiger partial charge >= 0.3 is 0 Å². The summed E-state index contributed by atoms with van der Waals surface area (Å²) < 4.78 is 2.30. The summed E-state index contributed by atoms with van der Waals surface area (Å²) in [4.78, 5) is 4.51. The second kappa shape index (κ2) is 4.30. The average molecular weight is 236 g/mol. The van der Waals surface area contributed by atoms with E-state index >= 15 is 0 Å². The summed E-state index contributed by atoms with van der Waals surface area (Å²) in [6.07, 6.45) is 1.86. The summed E-state index contributed by atoms with van der Waals surface area (Å²) in [6, 6.07) is 17.1. The van der Waals surface area contributed by atoms with Crippen LogP contribution in [0.2, 0.25) is 0 Å². The van der Waals surface area contributed by atoms with Crippen LogP contribution < -0.4 is 0 Å². The Kier molecular flexibility index (Phi) is 2.63. The first kappa shape index (κ1) is 11.0. The Bertz CT molecular complexity index is 668. The quantitative estimate of drug-likeness (QED) is 0.658. The molecule has 3 rings (SSSR count). The standard InChI is InChI=1S/C16H16N2/c1-12-11-15-9-6-10-17-16(15)18(12)13(2)14-7-4-3-5-8-14/h3-11,13H,1-2H3. The molecule has 0 aliphatic heterocycles. The van der Waals surface area contributed by atoms with Gasteiger partial charge in [0.1, 0.15) is 5.65 Å². The topological polar surface area (TPSA) is 17.8 Å². The number of benzene rings is 1. The van der Waals surface area contributed by atoms with Gasteiger partial charge in [-0.3, -0.25) is 0 Å². The first-order chi connectivity index (χ1) is 8.77. The summed E-state index contributed by atoms with van der Waals surface area (Å²) in [6.45, 7) is 4.36. The van der Waals surface area contributed by atoms with Crippen LogP contribution in [0.4, 0.5) is 0 Å². The fraction of sp³-hybridized carbons (Fsp3) is 0.188. The van der Waals surface area contributed by atoms with Crippen molar-refractivity contribution in [3.05, 3.63) is 66.0 Å². The molecule has 0 saturated carbocycles. The number of aromatic nitrogens is 2. The third-order valence-corrected chi connectivity index (χ3v) is 3.46. The SMILES string of the molecule is Cc1cc2cccnc2n1C(C)c1ccccc1. The molecule has 3 aromatic rings. The van der Waals surface area contributed by atoms with Crippen LogP contribution in [-0.4, -0.2) is 9.55 Å². The summed E-state index contributed by atoms with van der Waals surface area (Å²) >= 11 is 0. The van der Waals surface area contributed by atoms with E-state index in [0.29, 0.717) is 6.04 Å². The molecule has 2 heteroatoms. The lowest BCUT2D eigenvalue weighted by Crippen LogP contribution is -2.08. The molecule has 2 aromatic heterocycles. The zero-order chi connectivity index (χ0) is 12.5. The van der Waals surface area contributed by atoms with E-state index in [4.69, 9.17) is 0 Å². The van der Waals surface area contributed by atoms with Crippen LogP contribution in [0.3, 0.4) is 0 Å². The molecule has 0 aliphatic carbocycles. The molecule has 1 aromatic carbocycles. The van der Waals surface area contributed by atoms with Crippen molar-refractivity contribution in [3.63, 3.8) is 0 Å². The molecule has 18 heavy (non-hydrogen) atoms. The maximum atomic E-state index is 4.51. The largest absolute Gasteiger partial charge is 0.323 e. The lowest BCUT2D eigenvalue weighted by atomic mass is 10.1. The molecule has 0 fully saturated rings. The lowest BCUT2D eigenvalue weighted by molar-refractivity contribution is 0.641. The Morgan fingerprint density at radius 1 is 1.06 bits per heavy atom. The maximum absolute atomic E-state index is 4.51. The van der Waals surface area contributed by atoms with Crippen LogP contribution in [0.25, 0.3) is 11.0 Å². The van der Waals surface area contributed by atoms with Crippen molar-refractivity contribution in [2.24, 2.45) is 0 Å². The molecule has 0 saturated heterocycles. The first-order valence-corrected chi connectivity index (χ1v) is 6.25. The highest BCUT2D eigenvalue weighted by molar-refractivity contribution is 5.77. The molecule has 2 nitrogen and oxygen atoms in total. The minimum absolute atomic E-state index is 0.304. The molecule has 0 amide bonds. The summed E-state index contributed by atoms with van der Waals surface area (Å²) in [7, 11) is 0. The lowest BCUT2D eigenvalue weighted by Gasteiger charge is -2.17. The van der Waals surface area contributed by atoms with E-state index in [9.17, 15) is 0 Å². The zero-order valence-corrected chi connectivity index (χ0v) is 10.7. The van der Waals surface area contributed by atoms with E-state index in [1.165, 1.54) is 16.6 Å². The Morgan fingerprint density at radius 2 is 1.83 bits per heavy atom. The van der Waals surface area contributed by atoms with Crippen molar-refractivity contribution in [2.45, 2.75) is 19.9 Å². The van der Waals surface area contributed by atoms with Crippen molar-refractivity contribution in [2.75, 3.05) is 0 Å². The summed E-state index contributed by atoms with van der Waals surface area (Å²) in [5.41, 5.74) is 3.62. The second-order valence-corrected chi connectivity index (χ2v) is 4.66. The minimum atomic E-state index is 0.304. The van der Waals surface area contributed by atoms with Gasteiger partial charge in [-0.15, -0.1) is 0 Å². The van der Waals surface area contributed by atoms with Gasteiger partial charge in [0, 0.05) is 17.3 Å². The summed E-state index contributed by atoms with van der Waals surface area (Å²) in [5, 5.41) is 1.21. The van der Waals surface area contributed by atoms with E-state index in [2.05, 4.69) is 65.9 Å². The highest BCUT2D eigenvalue weighted by Crippen LogP contribution is 2.26. The van der Waals surface area contributed by atoms with Crippen molar-refractivity contribution in [1.29, 1.82) is 0 Å². The Labute approximate surface area is 107 Å². The molecule has 0 radical (unpaired) electrons. The molecule has 0 N–H and O–H groups in total. The summed E-state index contributed by atoms with van der Waals surface area (Å²) in [5.74, 6) is 0. The average Bonchev–Trinajstić information content (AvgIpc) is 2.75. The van der Waals surface area contributed by atoms with Crippen LogP contribution in [0.1, 0.15) is 24.2 Å². The second-order valence-electron chi connectivity index (χ2n) is 4.66. The van der Waals surface area contributed by atoms with Crippen LogP contribution in [0.5, 0.6) is 0 Å². The van der Waals surface area contributed by atoms with E-state index < -0.39 is 0 Å². The van der Waals surface area contributed by atoms with Gasteiger partial charge in [0.15, 0.2) is 0 Å². The molecule has 0 aliphatic rings. The van der Waals surface area contributed by atoms with Gasteiger partial charge in [0.25, 0.3) is 0 Å². The van der Waals surface area contributed by atoms with E-state index in [0.717, 1.165) is 5.65 Å². The number of fused-ring (bicyclic) bond motifs is 1. The van der Waals surface area contributed by atoms with Crippen LogP contribution in [-0.2, 0) is 0 Å². The number of nitrogens with zero attached hydrogens (tertiary/aromatic N) is 2. The molecule has 1 unspecified atom stereocenters. The molecule has 0 bridgehead atoms. The molecule has 0 spiro atoms. The smallest absolute Gasteiger partial charge is 0.140 e. The van der Waals surface area contributed by atoms with Gasteiger partial charge in [-0.2, -0.15) is 0 Å². The van der Waals surface area contributed by atoms with Gasteiger partial charge in [-0.25, -0.2) is 4.98 Å². The van der Waals surface area contributed by atoms with Gasteiger partial charge in [0.05, 0.1) is 6.04 Å². The van der Waals surface area contributed by atoms with Crippen molar-refractivity contribution in [1.82, 2.24) is 9.55 Å². The number of rotatable bonds is 2. The first-order valence-electron chi connectivity index (χ1n) is 6.25. The van der Waals surface area contributed by atoms with E-state index in [-0.39, 0.29) is 0 Å². The highest BCUT2D eigenvalue weighted by Gasteiger charge is 2.13. The molecular weight excluding hydrogens is 220 g/mol. The fourth-order valence-electron chi connectivity index (χ4n) is 2.55. The highest BCUT2D eigenvalue weighted by atomic mass is 15.1.